The maximum Gasteiger partial charge on any atom is 0.252 e. The number of aryl methyl sites for hydroxylation is 1. The normalized spacial score (nSPS) is 20.0. The lowest BCUT2D eigenvalue weighted by atomic mass is 9.82. The smallest absolute Gasteiger partial charge is 0.252 e. The number of aromatic amines is 1. The zero-order valence-electron chi connectivity index (χ0n) is 12.7. The molecule has 1 aliphatic carbocycles. The standard InChI is InChI=1S/C17H20N4O/c1-12-11-16(22)19-17(18-12)21-20-15-10-6-5-9-14(15)13-7-3-2-4-8-13/h2-4,7-8,11,14H,5-6,9-10H2,1H3,(H2,18,19,21,22)/t14-/m1/s1. The van der Waals surface area contributed by atoms with Gasteiger partial charge in [-0.2, -0.15) is 5.10 Å². The second kappa shape index (κ2) is 6.56. The van der Waals surface area contributed by atoms with E-state index in [2.05, 4.69) is 44.8 Å². The minimum Gasteiger partial charge on any atom is -0.291 e. The minimum atomic E-state index is -0.168. The van der Waals surface area contributed by atoms with Crippen molar-refractivity contribution in [3.05, 3.63) is 58.0 Å². The summed E-state index contributed by atoms with van der Waals surface area (Å²) in [5, 5.41) is 4.53. The van der Waals surface area contributed by atoms with Gasteiger partial charge < -0.3 is 0 Å². The third kappa shape index (κ3) is 3.42. The molecule has 0 saturated heterocycles. The third-order valence-electron chi connectivity index (χ3n) is 3.96. The lowest BCUT2D eigenvalue weighted by molar-refractivity contribution is 0.611. The van der Waals surface area contributed by atoms with Crippen LogP contribution in [0.4, 0.5) is 5.95 Å². The Labute approximate surface area is 129 Å². The molecule has 0 amide bonds. The Bertz CT molecular complexity index is 721. The molecule has 0 radical (unpaired) electrons. The summed E-state index contributed by atoms with van der Waals surface area (Å²) in [6.07, 6.45) is 4.46. The van der Waals surface area contributed by atoms with E-state index in [4.69, 9.17) is 0 Å². The minimum absolute atomic E-state index is 0.168. The maximum absolute atomic E-state index is 11.5. The molecule has 0 bridgehead atoms. The molecular weight excluding hydrogens is 276 g/mol. The maximum atomic E-state index is 11.5. The molecule has 5 heteroatoms. The van der Waals surface area contributed by atoms with Crippen LogP contribution in [0.25, 0.3) is 0 Å². The van der Waals surface area contributed by atoms with Crippen LogP contribution in [0, 0.1) is 6.92 Å². The average Bonchev–Trinajstić information content (AvgIpc) is 2.53. The SMILES string of the molecule is Cc1cc(=O)[nH]c(NN=C2CCCC[C@@H]2c2ccccc2)n1. The van der Waals surface area contributed by atoms with Gasteiger partial charge in [0.1, 0.15) is 0 Å². The van der Waals surface area contributed by atoms with E-state index in [0.717, 1.165) is 25.0 Å². The molecule has 1 aromatic carbocycles. The second-order valence-electron chi connectivity index (χ2n) is 5.66. The molecule has 22 heavy (non-hydrogen) atoms. The third-order valence-corrected chi connectivity index (χ3v) is 3.96. The highest BCUT2D eigenvalue weighted by atomic mass is 16.1. The van der Waals surface area contributed by atoms with Crippen LogP contribution < -0.4 is 11.0 Å². The Morgan fingerprint density at radius 2 is 2.09 bits per heavy atom. The zero-order valence-corrected chi connectivity index (χ0v) is 12.7. The van der Waals surface area contributed by atoms with Crippen LogP contribution in [0.5, 0.6) is 0 Å². The first-order valence-corrected chi connectivity index (χ1v) is 7.68. The van der Waals surface area contributed by atoms with Crippen LogP contribution >= 0.6 is 0 Å². The molecule has 2 aromatic rings. The van der Waals surface area contributed by atoms with E-state index in [1.807, 2.05) is 6.07 Å². The van der Waals surface area contributed by atoms with Gasteiger partial charge in [-0.15, -0.1) is 0 Å². The first kappa shape index (κ1) is 14.5. The van der Waals surface area contributed by atoms with Crippen molar-refractivity contribution in [3.8, 4) is 0 Å². The molecule has 0 unspecified atom stereocenters. The second-order valence-corrected chi connectivity index (χ2v) is 5.66. The van der Waals surface area contributed by atoms with E-state index in [1.54, 1.807) is 6.92 Å². The van der Waals surface area contributed by atoms with Gasteiger partial charge >= 0.3 is 0 Å². The van der Waals surface area contributed by atoms with Crippen LogP contribution in [-0.2, 0) is 0 Å². The summed E-state index contributed by atoms with van der Waals surface area (Å²) < 4.78 is 0. The molecule has 1 saturated carbocycles. The van der Waals surface area contributed by atoms with Crippen LogP contribution in [0.2, 0.25) is 0 Å². The Morgan fingerprint density at radius 1 is 1.27 bits per heavy atom. The Morgan fingerprint density at radius 3 is 2.86 bits per heavy atom. The van der Waals surface area contributed by atoms with E-state index in [9.17, 15) is 4.79 Å². The van der Waals surface area contributed by atoms with Crippen molar-refractivity contribution in [3.63, 3.8) is 0 Å². The molecule has 0 aliphatic heterocycles. The van der Waals surface area contributed by atoms with E-state index in [0.29, 0.717) is 17.6 Å². The zero-order chi connectivity index (χ0) is 15.4. The highest BCUT2D eigenvalue weighted by Gasteiger charge is 2.22. The van der Waals surface area contributed by atoms with Gasteiger partial charge in [-0.25, -0.2) is 10.4 Å². The largest absolute Gasteiger partial charge is 0.291 e. The Balaban J connectivity index is 1.82. The van der Waals surface area contributed by atoms with Crippen molar-refractivity contribution in [2.45, 2.75) is 38.5 Å². The van der Waals surface area contributed by atoms with Crippen LogP contribution in [0.15, 0.2) is 46.3 Å². The van der Waals surface area contributed by atoms with Gasteiger partial charge in [0, 0.05) is 23.4 Å². The van der Waals surface area contributed by atoms with Crippen molar-refractivity contribution < 1.29 is 0 Å². The van der Waals surface area contributed by atoms with Crippen molar-refractivity contribution in [1.29, 1.82) is 0 Å². The fourth-order valence-electron chi connectivity index (χ4n) is 2.93. The topological polar surface area (TPSA) is 70.1 Å². The van der Waals surface area contributed by atoms with Crippen LogP contribution in [0.1, 0.15) is 42.9 Å². The van der Waals surface area contributed by atoms with E-state index in [-0.39, 0.29) is 5.56 Å². The molecule has 1 aromatic heterocycles. The number of nitrogens with zero attached hydrogens (tertiary/aromatic N) is 2. The number of hydrogen-bond donors (Lipinski definition) is 2. The van der Waals surface area contributed by atoms with E-state index < -0.39 is 0 Å². The molecule has 0 spiro atoms. The molecule has 1 aliphatic rings. The predicted octanol–water partition coefficient (Wildman–Crippen LogP) is 3.20. The molecular formula is C17H20N4O. The number of rotatable bonds is 3. The number of H-pyrrole nitrogens is 1. The number of anilines is 1. The first-order chi connectivity index (χ1) is 10.7. The van der Waals surface area contributed by atoms with Gasteiger partial charge in [-0.1, -0.05) is 36.8 Å². The van der Waals surface area contributed by atoms with E-state index in [1.165, 1.54) is 18.1 Å². The Hall–Kier alpha value is -2.43. The van der Waals surface area contributed by atoms with Gasteiger partial charge in [0.25, 0.3) is 5.56 Å². The van der Waals surface area contributed by atoms with E-state index >= 15 is 0 Å². The molecule has 1 fully saturated rings. The summed E-state index contributed by atoms with van der Waals surface area (Å²) >= 11 is 0. The summed E-state index contributed by atoms with van der Waals surface area (Å²) in [5.41, 5.74) is 5.85. The van der Waals surface area contributed by atoms with Crippen molar-refractivity contribution in [1.82, 2.24) is 9.97 Å². The fourth-order valence-corrected chi connectivity index (χ4v) is 2.93. The van der Waals surface area contributed by atoms with Crippen molar-refractivity contribution in [2.24, 2.45) is 5.10 Å². The summed E-state index contributed by atoms with van der Waals surface area (Å²) in [6, 6.07) is 11.9. The fraction of sp³-hybridized carbons (Fsp3) is 0.353. The predicted molar refractivity (Wildman–Crippen MR) is 88.3 cm³/mol. The van der Waals surface area contributed by atoms with Gasteiger partial charge in [-0.3, -0.25) is 9.78 Å². The molecule has 3 rings (SSSR count). The summed E-state index contributed by atoms with van der Waals surface area (Å²) in [4.78, 5) is 18.4. The van der Waals surface area contributed by atoms with Gasteiger partial charge in [0.2, 0.25) is 5.95 Å². The van der Waals surface area contributed by atoms with Gasteiger partial charge in [0.05, 0.1) is 0 Å². The molecule has 114 valence electrons. The van der Waals surface area contributed by atoms with Gasteiger partial charge in [0.15, 0.2) is 0 Å². The summed E-state index contributed by atoms with van der Waals surface area (Å²) in [6.45, 7) is 1.79. The number of hydrazone groups is 1. The first-order valence-electron chi connectivity index (χ1n) is 7.68. The average molecular weight is 296 g/mol. The quantitative estimate of drug-likeness (QED) is 0.854. The summed E-state index contributed by atoms with van der Waals surface area (Å²) in [5.74, 6) is 0.744. The van der Waals surface area contributed by atoms with Crippen LogP contribution in [0.3, 0.4) is 0 Å². The number of benzene rings is 1. The number of aromatic nitrogens is 2. The molecule has 5 nitrogen and oxygen atoms in total. The highest BCUT2D eigenvalue weighted by molar-refractivity contribution is 5.92. The van der Waals surface area contributed by atoms with Crippen molar-refractivity contribution in [2.75, 3.05) is 5.43 Å². The number of nitrogens with one attached hydrogen (secondary N) is 2. The number of hydrogen-bond acceptors (Lipinski definition) is 4. The molecule has 1 heterocycles. The lowest BCUT2D eigenvalue weighted by Crippen LogP contribution is -2.19. The Kier molecular flexibility index (Phi) is 4.32. The van der Waals surface area contributed by atoms with Crippen LogP contribution in [-0.4, -0.2) is 15.7 Å². The molecule has 1 atom stereocenters. The highest BCUT2D eigenvalue weighted by Crippen LogP contribution is 2.30. The van der Waals surface area contributed by atoms with Crippen molar-refractivity contribution >= 4 is 11.7 Å². The molecule has 2 N–H and O–H groups in total. The van der Waals surface area contributed by atoms with Gasteiger partial charge in [-0.05, 0) is 31.7 Å². The lowest BCUT2D eigenvalue weighted by Gasteiger charge is -2.24. The monoisotopic (exact) mass is 296 g/mol. The summed E-state index contributed by atoms with van der Waals surface area (Å²) in [7, 11) is 0.